The molecule has 1 aliphatic heterocycles. The Hall–Kier alpha value is -2.84. The number of nitrogens with zero attached hydrogens (tertiary/aromatic N) is 3. The summed E-state index contributed by atoms with van der Waals surface area (Å²) >= 11 is 0. The molecule has 1 aromatic carbocycles. The van der Waals surface area contributed by atoms with Crippen LogP contribution in [0.25, 0.3) is 0 Å². The number of non-ortho nitro benzene ring substituents is 1. The van der Waals surface area contributed by atoms with Crippen molar-refractivity contribution in [3.05, 3.63) is 57.8 Å². The fourth-order valence-electron chi connectivity index (χ4n) is 3.10. The van der Waals surface area contributed by atoms with Gasteiger partial charge in [-0.3, -0.25) is 10.1 Å². The Kier molecular flexibility index (Phi) is 5.48. The van der Waals surface area contributed by atoms with Crippen LogP contribution in [0.2, 0.25) is 0 Å². The van der Waals surface area contributed by atoms with E-state index < -0.39 is 22.4 Å². The van der Waals surface area contributed by atoms with Gasteiger partial charge in [-0.1, -0.05) is 0 Å². The molecule has 1 aromatic heterocycles. The van der Waals surface area contributed by atoms with Gasteiger partial charge in [-0.15, -0.1) is 0 Å². The number of anilines is 2. The van der Waals surface area contributed by atoms with Crippen molar-refractivity contribution in [3.8, 4) is 0 Å². The van der Waals surface area contributed by atoms with E-state index in [1.165, 1.54) is 6.42 Å². The molecule has 144 valence electrons. The van der Waals surface area contributed by atoms with Crippen LogP contribution in [0.5, 0.6) is 0 Å². The Labute approximate surface area is 154 Å². The second-order valence-electron chi connectivity index (χ2n) is 6.41. The van der Waals surface area contributed by atoms with Crippen LogP contribution in [0.15, 0.2) is 36.5 Å². The third-order valence-corrected chi connectivity index (χ3v) is 4.49. The van der Waals surface area contributed by atoms with E-state index in [0.29, 0.717) is 6.07 Å². The van der Waals surface area contributed by atoms with Crippen LogP contribution in [-0.4, -0.2) is 23.0 Å². The Morgan fingerprint density at radius 2 is 1.89 bits per heavy atom. The van der Waals surface area contributed by atoms with Gasteiger partial charge in [0.05, 0.1) is 10.5 Å². The fourth-order valence-corrected chi connectivity index (χ4v) is 3.10. The van der Waals surface area contributed by atoms with E-state index in [-0.39, 0.29) is 12.2 Å². The monoisotopic (exact) mass is 380 g/mol. The first kappa shape index (κ1) is 18.9. The average Bonchev–Trinajstić information content (AvgIpc) is 2.66. The number of alkyl halides is 3. The van der Waals surface area contributed by atoms with Crippen LogP contribution in [0, 0.1) is 10.1 Å². The van der Waals surface area contributed by atoms with Crippen molar-refractivity contribution in [1.29, 1.82) is 0 Å². The Morgan fingerprint density at radius 1 is 1.15 bits per heavy atom. The maximum absolute atomic E-state index is 13.2. The van der Waals surface area contributed by atoms with Crippen LogP contribution in [0.1, 0.15) is 30.4 Å². The quantitative estimate of drug-likeness (QED) is 0.606. The number of benzene rings is 1. The maximum atomic E-state index is 13.2. The summed E-state index contributed by atoms with van der Waals surface area (Å²) in [4.78, 5) is 16.4. The zero-order valence-corrected chi connectivity index (χ0v) is 14.5. The van der Waals surface area contributed by atoms with Crippen molar-refractivity contribution in [1.82, 2.24) is 4.98 Å². The molecule has 2 heterocycles. The molecule has 0 amide bonds. The van der Waals surface area contributed by atoms with Crippen molar-refractivity contribution in [2.24, 2.45) is 0 Å². The lowest BCUT2D eigenvalue weighted by Gasteiger charge is -2.28. The van der Waals surface area contributed by atoms with Crippen LogP contribution in [0.3, 0.4) is 0 Å². The predicted molar refractivity (Wildman–Crippen MR) is 95.7 cm³/mol. The van der Waals surface area contributed by atoms with E-state index in [1.54, 1.807) is 12.3 Å². The van der Waals surface area contributed by atoms with Crippen LogP contribution in [0.4, 0.5) is 30.4 Å². The normalized spacial score (nSPS) is 14.9. The first-order valence-electron chi connectivity index (χ1n) is 8.64. The van der Waals surface area contributed by atoms with E-state index in [2.05, 4.69) is 15.2 Å². The molecule has 6 nitrogen and oxygen atoms in total. The molecule has 0 bridgehead atoms. The minimum atomic E-state index is -4.69. The van der Waals surface area contributed by atoms with Crippen LogP contribution < -0.4 is 10.2 Å². The molecular weight excluding hydrogens is 361 g/mol. The number of piperidine rings is 1. The number of nitro groups is 1. The number of hydrogen-bond acceptors (Lipinski definition) is 5. The second-order valence-corrected chi connectivity index (χ2v) is 6.41. The zero-order chi connectivity index (χ0) is 19.4. The van der Waals surface area contributed by atoms with Crippen LogP contribution in [-0.2, 0) is 12.7 Å². The van der Waals surface area contributed by atoms with Gasteiger partial charge >= 0.3 is 6.18 Å². The molecule has 0 saturated carbocycles. The molecule has 0 spiro atoms. The molecule has 1 saturated heterocycles. The molecule has 27 heavy (non-hydrogen) atoms. The number of pyridine rings is 1. The lowest BCUT2D eigenvalue weighted by molar-refractivity contribution is -0.385. The first-order chi connectivity index (χ1) is 12.8. The summed E-state index contributed by atoms with van der Waals surface area (Å²) in [6.07, 6.45) is 0.342. The van der Waals surface area contributed by atoms with Crippen molar-refractivity contribution >= 4 is 17.2 Å². The molecule has 2 aromatic rings. The molecule has 1 fully saturated rings. The van der Waals surface area contributed by atoms with Gasteiger partial charge in [0.15, 0.2) is 0 Å². The predicted octanol–water partition coefficient (Wildman–Crippen LogP) is 4.61. The highest BCUT2D eigenvalue weighted by molar-refractivity contribution is 5.57. The lowest BCUT2D eigenvalue weighted by atomic mass is 10.1. The Balaban J connectivity index is 1.77. The molecular formula is C18H19F3N4O2. The number of nitrogens with one attached hydrogen (secondary N) is 1. The average molecular weight is 380 g/mol. The number of hydrogen-bond donors (Lipinski definition) is 1. The minimum Gasteiger partial charge on any atom is -0.380 e. The third kappa shape index (κ3) is 4.66. The third-order valence-electron chi connectivity index (χ3n) is 4.49. The van der Waals surface area contributed by atoms with Crippen molar-refractivity contribution in [2.45, 2.75) is 32.0 Å². The van der Waals surface area contributed by atoms with Gasteiger partial charge < -0.3 is 10.2 Å². The number of aromatic nitrogens is 1. The van der Waals surface area contributed by atoms with E-state index in [4.69, 9.17) is 0 Å². The zero-order valence-electron chi connectivity index (χ0n) is 14.5. The molecule has 0 atom stereocenters. The molecule has 9 heteroatoms. The van der Waals surface area contributed by atoms with Gasteiger partial charge in [0.1, 0.15) is 5.82 Å². The number of nitro benzene ring substituents is 1. The van der Waals surface area contributed by atoms with Gasteiger partial charge in [-0.05, 0) is 43.0 Å². The Morgan fingerprint density at radius 3 is 2.56 bits per heavy atom. The van der Waals surface area contributed by atoms with Gasteiger partial charge in [0.25, 0.3) is 5.69 Å². The largest absolute Gasteiger partial charge is 0.418 e. The highest BCUT2D eigenvalue weighted by Crippen LogP contribution is 2.37. The highest BCUT2D eigenvalue weighted by atomic mass is 19.4. The minimum absolute atomic E-state index is 0.157. The molecule has 0 aliphatic carbocycles. The molecule has 1 aliphatic rings. The summed E-state index contributed by atoms with van der Waals surface area (Å²) in [5.41, 5.74) is -1.05. The first-order valence-corrected chi connectivity index (χ1v) is 8.64. The highest BCUT2D eigenvalue weighted by Gasteiger charge is 2.35. The van der Waals surface area contributed by atoms with Gasteiger partial charge in [0, 0.05) is 43.7 Å². The Bertz CT molecular complexity index is 820. The number of halogens is 3. The standard InChI is InChI=1S/C18H19F3N4O2/c19-18(20,21)15-11-14(25(26)27)4-5-16(15)23-12-13-6-7-22-17(10-13)24-8-2-1-3-9-24/h4-7,10-11,23H,1-3,8-9,12H2. The van der Waals surface area contributed by atoms with Gasteiger partial charge in [0.2, 0.25) is 0 Å². The summed E-state index contributed by atoms with van der Waals surface area (Å²) in [5, 5.41) is 13.5. The SMILES string of the molecule is O=[N+]([O-])c1ccc(NCc2ccnc(N3CCCCC3)c2)c(C(F)(F)F)c1. The summed E-state index contributed by atoms with van der Waals surface area (Å²) in [6.45, 7) is 2.00. The van der Waals surface area contributed by atoms with E-state index >= 15 is 0 Å². The summed E-state index contributed by atoms with van der Waals surface area (Å²) < 4.78 is 39.7. The second kappa shape index (κ2) is 7.81. The molecule has 0 radical (unpaired) electrons. The smallest absolute Gasteiger partial charge is 0.380 e. The topological polar surface area (TPSA) is 71.3 Å². The van der Waals surface area contributed by atoms with E-state index in [9.17, 15) is 23.3 Å². The molecule has 3 rings (SSSR count). The van der Waals surface area contributed by atoms with E-state index in [0.717, 1.165) is 49.4 Å². The molecule has 1 N–H and O–H groups in total. The molecule has 0 unspecified atom stereocenters. The van der Waals surface area contributed by atoms with Gasteiger partial charge in [-0.2, -0.15) is 13.2 Å². The lowest BCUT2D eigenvalue weighted by Crippen LogP contribution is -2.30. The van der Waals surface area contributed by atoms with Gasteiger partial charge in [-0.25, -0.2) is 4.98 Å². The maximum Gasteiger partial charge on any atom is 0.418 e. The summed E-state index contributed by atoms with van der Waals surface area (Å²) in [7, 11) is 0. The summed E-state index contributed by atoms with van der Waals surface area (Å²) in [6, 6.07) is 6.29. The van der Waals surface area contributed by atoms with Crippen molar-refractivity contribution in [2.75, 3.05) is 23.3 Å². The van der Waals surface area contributed by atoms with Crippen molar-refractivity contribution < 1.29 is 18.1 Å². The summed E-state index contributed by atoms with van der Waals surface area (Å²) in [5.74, 6) is 0.814. The fraction of sp³-hybridized carbons (Fsp3) is 0.389. The van der Waals surface area contributed by atoms with E-state index in [1.807, 2.05) is 6.07 Å². The van der Waals surface area contributed by atoms with Crippen molar-refractivity contribution in [3.63, 3.8) is 0 Å². The number of rotatable bonds is 5. The van der Waals surface area contributed by atoms with Crippen LogP contribution >= 0.6 is 0 Å².